The van der Waals surface area contributed by atoms with Crippen molar-refractivity contribution in [3.8, 4) is 0 Å². The highest BCUT2D eigenvalue weighted by molar-refractivity contribution is 7.96. The molecule has 0 saturated carbocycles. The maximum atomic E-state index is 11.9. The van der Waals surface area contributed by atoms with Crippen LogP contribution in [0.1, 0.15) is 12.5 Å². The fourth-order valence-electron chi connectivity index (χ4n) is 4.23. The molecule has 4 aromatic rings. The molecule has 0 saturated heterocycles. The van der Waals surface area contributed by atoms with Crippen LogP contribution in [0.4, 0.5) is 0 Å². The second kappa shape index (κ2) is 13.6. The number of allylic oxidation sites excluding steroid dienone is 1. The molecule has 0 aromatic heterocycles. The maximum Gasteiger partial charge on any atom is 0.351 e. The Morgan fingerprint density at radius 2 is 1.29 bits per heavy atom. The summed E-state index contributed by atoms with van der Waals surface area (Å²) in [5.41, 5.74) is 1.73. The highest BCUT2D eigenvalue weighted by Crippen LogP contribution is 2.55. The number of nitrogens with zero attached hydrogens (tertiary/aromatic N) is 2. The Bertz CT molecular complexity index is 1310. The van der Waals surface area contributed by atoms with E-state index < -0.39 is 13.2 Å². The average Bonchev–Trinajstić information content (AvgIpc) is 2.96. The smallest absolute Gasteiger partial charge is 0.351 e. The third-order valence-electron chi connectivity index (χ3n) is 5.96. The van der Waals surface area contributed by atoms with Crippen LogP contribution in [0.25, 0.3) is 6.08 Å². The van der Waals surface area contributed by atoms with Crippen LogP contribution in [0, 0.1) is 0 Å². The van der Waals surface area contributed by atoms with Gasteiger partial charge in [0.15, 0.2) is 0 Å². The number of halogens is 1. The molecular weight excluding hydrogens is 511 g/mol. The van der Waals surface area contributed by atoms with Crippen LogP contribution in [0.15, 0.2) is 132 Å². The predicted octanol–water partition coefficient (Wildman–Crippen LogP) is 6.34. The van der Waals surface area contributed by atoms with Crippen LogP contribution < -0.4 is 15.9 Å². The molecule has 0 aliphatic carbocycles. The molecule has 0 atom stereocenters. The fraction of sp³-hybridized carbons (Fsp3) is 0.0938. The topological polar surface area (TPSA) is 51.0 Å². The van der Waals surface area contributed by atoms with Crippen molar-refractivity contribution in [3.05, 3.63) is 132 Å². The Morgan fingerprint density at radius 3 is 1.76 bits per heavy atom. The van der Waals surface area contributed by atoms with Crippen molar-refractivity contribution in [2.24, 2.45) is 10.2 Å². The molecule has 0 unspecified atom stereocenters. The number of hydrogen-bond acceptors (Lipinski definition) is 4. The quantitative estimate of drug-likeness (QED) is 0.102. The minimum absolute atomic E-state index is 0.280. The summed E-state index contributed by atoms with van der Waals surface area (Å²) in [7, 11) is -2.21. The lowest BCUT2D eigenvalue weighted by atomic mass is 10.2. The summed E-state index contributed by atoms with van der Waals surface area (Å²) in [6.07, 6.45) is 5.68. The third-order valence-corrected chi connectivity index (χ3v) is 10.6. The molecule has 190 valence electrons. The summed E-state index contributed by atoms with van der Waals surface area (Å²) in [6.45, 7) is 2.04. The van der Waals surface area contributed by atoms with E-state index in [4.69, 9.17) is 16.3 Å². The second-order valence-electron chi connectivity index (χ2n) is 8.45. The van der Waals surface area contributed by atoms with Gasteiger partial charge < -0.3 is 4.74 Å². The van der Waals surface area contributed by atoms with Gasteiger partial charge in [-0.15, -0.1) is 0 Å². The van der Waals surface area contributed by atoms with Gasteiger partial charge in [-0.2, -0.15) is 10.2 Å². The van der Waals surface area contributed by atoms with Gasteiger partial charge in [0.05, 0.1) is 6.61 Å². The molecule has 6 heteroatoms. The molecule has 0 amide bonds. The highest BCUT2D eigenvalue weighted by atomic mass is 35.5. The normalized spacial score (nSPS) is 12.2. The molecule has 0 N–H and O–H groups in total. The summed E-state index contributed by atoms with van der Waals surface area (Å²) < 4.78 is 4.99. The first kappa shape index (κ1) is 27.2. The predicted molar refractivity (Wildman–Crippen MR) is 163 cm³/mol. The lowest BCUT2D eigenvalue weighted by molar-refractivity contribution is -0.134. The summed E-state index contributed by atoms with van der Waals surface area (Å²) in [4.78, 5) is 11.9. The van der Waals surface area contributed by atoms with Crippen LogP contribution in [0.2, 0.25) is 5.02 Å². The van der Waals surface area contributed by atoms with Gasteiger partial charge in [-0.25, -0.2) is 4.79 Å². The zero-order chi connectivity index (χ0) is 26.6. The van der Waals surface area contributed by atoms with Crippen molar-refractivity contribution in [3.63, 3.8) is 0 Å². The Hall–Kier alpha value is -3.85. The molecule has 0 aliphatic rings. The summed E-state index contributed by atoms with van der Waals surface area (Å²) >= 11 is 6.08. The minimum atomic E-state index is -2.21. The number of benzene rings is 4. The summed E-state index contributed by atoms with van der Waals surface area (Å²) in [5, 5.41) is 13.0. The van der Waals surface area contributed by atoms with E-state index in [1.165, 1.54) is 15.9 Å². The zero-order valence-electron chi connectivity index (χ0n) is 21.2. The Kier molecular flexibility index (Phi) is 9.75. The minimum Gasteiger partial charge on any atom is -0.462 e. The van der Waals surface area contributed by atoms with E-state index in [1.54, 1.807) is 6.92 Å². The molecule has 0 fully saturated rings. The van der Waals surface area contributed by atoms with Crippen molar-refractivity contribution in [1.29, 1.82) is 0 Å². The van der Waals surface area contributed by atoms with Crippen LogP contribution in [0.3, 0.4) is 0 Å². The molecule has 4 aromatic carbocycles. The molecule has 4 nitrogen and oxygen atoms in total. The first-order valence-electron chi connectivity index (χ1n) is 12.4. The van der Waals surface area contributed by atoms with Crippen molar-refractivity contribution < 1.29 is 9.53 Å². The average molecular weight is 540 g/mol. The summed E-state index contributed by atoms with van der Waals surface area (Å²) in [5.74, 6) is -0.521. The SMILES string of the molecule is CCOC(=O)\C=N/N=C(/C=C\c1ccc(Cl)cc1)C[P+](c1ccccc1)(c1ccccc1)c1ccccc1. The van der Waals surface area contributed by atoms with E-state index in [2.05, 4.69) is 83.0 Å². The highest BCUT2D eigenvalue weighted by Gasteiger charge is 2.46. The molecule has 0 aliphatic heterocycles. The largest absolute Gasteiger partial charge is 0.462 e. The van der Waals surface area contributed by atoms with E-state index in [9.17, 15) is 4.79 Å². The van der Waals surface area contributed by atoms with E-state index in [0.29, 0.717) is 11.2 Å². The number of rotatable bonds is 10. The van der Waals surface area contributed by atoms with Gasteiger partial charge in [-0.05, 0) is 67.1 Å². The number of carbonyl (C=O) groups is 1. The molecule has 4 rings (SSSR count). The van der Waals surface area contributed by atoms with E-state index in [-0.39, 0.29) is 6.61 Å². The molecule has 38 heavy (non-hydrogen) atoms. The number of esters is 1. The lowest BCUT2D eigenvalue weighted by Gasteiger charge is -2.27. The Morgan fingerprint density at radius 1 is 0.789 bits per heavy atom. The third kappa shape index (κ3) is 6.92. The van der Waals surface area contributed by atoms with Crippen molar-refractivity contribution in [2.75, 3.05) is 12.8 Å². The van der Waals surface area contributed by atoms with Gasteiger partial charge in [0.25, 0.3) is 0 Å². The van der Waals surface area contributed by atoms with Gasteiger partial charge >= 0.3 is 5.97 Å². The molecule has 0 heterocycles. The Labute approximate surface area is 229 Å². The fourth-order valence-corrected chi connectivity index (χ4v) is 8.49. The van der Waals surface area contributed by atoms with Gasteiger partial charge in [0.1, 0.15) is 41.3 Å². The van der Waals surface area contributed by atoms with Crippen LogP contribution in [-0.4, -0.2) is 30.7 Å². The van der Waals surface area contributed by atoms with Gasteiger partial charge in [-0.1, -0.05) is 84.4 Å². The zero-order valence-corrected chi connectivity index (χ0v) is 22.8. The van der Waals surface area contributed by atoms with Gasteiger partial charge in [-0.3, -0.25) is 0 Å². The van der Waals surface area contributed by atoms with E-state index in [0.717, 1.165) is 17.5 Å². The lowest BCUT2D eigenvalue weighted by Crippen LogP contribution is -2.35. The monoisotopic (exact) mass is 539 g/mol. The summed E-state index contributed by atoms with van der Waals surface area (Å²) in [6, 6.07) is 39.3. The van der Waals surface area contributed by atoms with Crippen molar-refractivity contribution in [2.45, 2.75) is 6.92 Å². The second-order valence-corrected chi connectivity index (χ2v) is 12.4. The number of hydrogen-bond donors (Lipinski definition) is 0. The first-order valence-corrected chi connectivity index (χ1v) is 14.7. The van der Waals surface area contributed by atoms with Crippen LogP contribution in [0.5, 0.6) is 0 Å². The standard InChI is InChI=1S/C32H29ClN2O2P/c1-2-37-32(36)24-34-35-28(23-20-26-18-21-27(33)22-19-26)25-38(29-12-6-3-7-13-29,30-14-8-4-9-15-30)31-16-10-5-11-17-31/h3-24H,2,25H2,1H3/q+1/b23-20-,34-24-,35-28-. The van der Waals surface area contributed by atoms with Crippen molar-refractivity contribution >= 4 is 58.7 Å². The molecule has 0 bridgehead atoms. The van der Waals surface area contributed by atoms with Crippen molar-refractivity contribution in [1.82, 2.24) is 0 Å². The maximum absolute atomic E-state index is 11.9. The van der Waals surface area contributed by atoms with Gasteiger partial charge in [0, 0.05) is 5.02 Å². The number of ether oxygens (including phenoxy) is 1. The van der Waals surface area contributed by atoms with E-state index >= 15 is 0 Å². The van der Waals surface area contributed by atoms with Crippen LogP contribution in [-0.2, 0) is 9.53 Å². The number of carbonyl (C=O) groups excluding carboxylic acids is 1. The first-order chi connectivity index (χ1) is 18.6. The van der Waals surface area contributed by atoms with Gasteiger partial charge in [0.2, 0.25) is 0 Å². The molecule has 0 radical (unpaired) electrons. The Balaban J connectivity index is 1.87. The molecular formula is C32H29ClN2O2P+. The van der Waals surface area contributed by atoms with Crippen LogP contribution >= 0.6 is 18.9 Å². The van der Waals surface area contributed by atoms with E-state index in [1.807, 2.05) is 54.6 Å². The molecule has 0 spiro atoms.